The maximum absolute atomic E-state index is 12.8. The van der Waals surface area contributed by atoms with Crippen LogP contribution in [-0.2, 0) is 0 Å². The van der Waals surface area contributed by atoms with Gasteiger partial charge in [0.2, 0.25) is 0 Å². The Kier molecular flexibility index (Phi) is 3.16. The van der Waals surface area contributed by atoms with Crippen molar-refractivity contribution >= 4 is 0 Å². The van der Waals surface area contributed by atoms with Gasteiger partial charge in [-0.15, -0.1) is 0 Å². The molecule has 0 aliphatic heterocycles. The van der Waals surface area contributed by atoms with Gasteiger partial charge in [0, 0.05) is 0 Å². The van der Waals surface area contributed by atoms with E-state index < -0.39 is 41.5 Å². The second kappa shape index (κ2) is 3.67. The van der Waals surface area contributed by atoms with Gasteiger partial charge in [-0.1, -0.05) is 0 Å². The second-order valence-electron chi connectivity index (χ2n) is 4.03. The Morgan fingerprint density at radius 1 is 0.476 bits per heavy atom. The van der Waals surface area contributed by atoms with Crippen LogP contribution in [0.1, 0.15) is 0 Å². The summed E-state index contributed by atoms with van der Waals surface area (Å²) in [6, 6.07) is 0. The highest BCUT2D eigenvalue weighted by Gasteiger charge is 3.10. The van der Waals surface area contributed by atoms with Gasteiger partial charge in [-0.3, -0.25) is 0 Å². The van der Waals surface area contributed by atoms with E-state index in [4.69, 9.17) is 0 Å². The summed E-state index contributed by atoms with van der Waals surface area (Å²) in [6.07, 6.45) is -7.43. The first kappa shape index (κ1) is 18.1. The van der Waals surface area contributed by atoms with E-state index in [0.717, 1.165) is 0 Å². The van der Waals surface area contributed by atoms with Gasteiger partial charge in [0.15, 0.2) is 0 Å². The van der Waals surface area contributed by atoms with E-state index in [9.17, 15) is 61.5 Å². The minimum Gasteiger partial charge on any atom is -0.223 e. The topological polar surface area (TPSA) is 0 Å². The number of rotatable bonds is 3. The highest BCUT2D eigenvalue weighted by Crippen LogP contribution is 2.76. The first-order valence-electron chi connectivity index (χ1n) is 4.40. The zero-order valence-electron chi connectivity index (χ0n) is 8.79. The smallest absolute Gasteiger partial charge is 0.223 e. The summed E-state index contributed by atoms with van der Waals surface area (Å²) in [5.74, 6) is -36.4. The molecule has 1 aliphatic rings. The molecule has 0 saturated heterocycles. The third kappa shape index (κ3) is 1.53. The molecule has 0 aromatic rings. The van der Waals surface area contributed by atoms with Crippen LogP contribution in [0.25, 0.3) is 0 Å². The van der Waals surface area contributed by atoms with Crippen LogP contribution in [-0.4, -0.2) is 41.5 Å². The molecule has 0 heterocycles. The maximum Gasteiger partial charge on any atom is 0.460 e. The van der Waals surface area contributed by atoms with E-state index >= 15 is 0 Å². The van der Waals surface area contributed by atoms with Crippen LogP contribution in [0.5, 0.6) is 0 Å². The first-order valence-corrected chi connectivity index (χ1v) is 4.40. The average molecular weight is 350 g/mol. The average Bonchev–Trinajstić information content (AvgIpc) is 2.55. The zero-order chi connectivity index (χ0) is 17.5. The van der Waals surface area contributed by atoms with Crippen molar-refractivity contribution < 1.29 is 61.5 Å². The molecule has 1 fully saturated rings. The van der Waals surface area contributed by atoms with Crippen LogP contribution >= 0.6 is 0 Å². The summed E-state index contributed by atoms with van der Waals surface area (Å²) in [5.41, 5.74) is -6.88. The summed E-state index contributed by atoms with van der Waals surface area (Å²) >= 11 is 0. The minimum atomic E-state index is -7.89. The standard InChI is InChI=1S/C7F14/c8-1(2(9,10)3(1,11)12)4(13,14)5(15,16)6(17,18)7(19,20)21. The molecule has 0 nitrogen and oxygen atoms in total. The SMILES string of the molecule is FC(F)(F)C(F)(F)C(F)(F)C(F)(F)C1(F)C(F)(F)C1(F)F. The van der Waals surface area contributed by atoms with Crippen molar-refractivity contribution in [3.8, 4) is 0 Å². The van der Waals surface area contributed by atoms with Crippen molar-refractivity contribution in [1.82, 2.24) is 0 Å². The summed E-state index contributed by atoms with van der Waals surface area (Å²) in [7, 11) is 0. The van der Waals surface area contributed by atoms with Gasteiger partial charge in [-0.25, -0.2) is 4.39 Å². The Morgan fingerprint density at radius 2 is 0.762 bits per heavy atom. The van der Waals surface area contributed by atoms with Gasteiger partial charge in [-0.2, -0.15) is 57.1 Å². The fraction of sp³-hybridized carbons (Fsp3) is 1.00. The van der Waals surface area contributed by atoms with Crippen molar-refractivity contribution in [3.63, 3.8) is 0 Å². The summed E-state index contributed by atoms with van der Waals surface area (Å²) in [4.78, 5) is 0. The van der Waals surface area contributed by atoms with Gasteiger partial charge in [0.25, 0.3) is 0 Å². The molecule has 0 amide bonds. The monoisotopic (exact) mass is 350 g/mol. The largest absolute Gasteiger partial charge is 0.460 e. The molecular weight excluding hydrogens is 350 g/mol. The predicted molar refractivity (Wildman–Crippen MR) is 34.6 cm³/mol. The third-order valence-electron chi connectivity index (χ3n) is 2.77. The van der Waals surface area contributed by atoms with Crippen molar-refractivity contribution in [2.24, 2.45) is 0 Å². The molecule has 0 bridgehead atoms. The summed E-state index contributed by atoms with van der Waals surface area (Å²) in [6.45, 7) is 0. The highest BCUT2D eigenvalue weighted by atomic mass is 19.4. The van der Waals surface area contributed by atoms with Crippen LogP contribution < -0.4 is 0 Å². The Bertz CT molecular complexity index is 427. The van der Waals surface area contributed by atoms with E-state index in [1.807, 2.05) is 0 Å². The maximum atomic E-state index is 12.8. The molecule has 0 N–H and O–H groups in total. The van der Waals surface area contributed by atoms with Crippen molar-refractivity contribution in [1.29, 1.82) is 0 Å². The molecule has 1 rings (SSSR count). The normalized spacial score (nSPS) is 24.9. The van der Waals surface area contributed by atoms with Crippen LogP contribution in [0, 0.1) is 0 Å². The van der Waals surface area contributed by atoms with Crippen LogP contribution in [0.4, 0.5) is 61.5 Å². The Labute approximate surface area is 104 Å². The molecule has 0 atom stereocenters. The van der Waals surface area contributed by atoms with Gasteiger partial charge >= 0.3 is 41.5 Å². The summed E-state index contributed by atoms with van der Waals surface area (Å²) in [5, 5.41) is 0. The molecular formula is C7F14. The Morgan fingerprint density at radius 3 is 0.952 bits per heavy atom. The molecule has 0 aromatic heterocycles. The third-order valence-corrected chi connectivity index (χ3v) is 2.77. The van der Waals surface area contributed by atoms with E-state index in [2.05, 4.69) is 0 Å². The van der Waals surface area contributed by atoms with Gasteiger partial charge < -0.3 is 0 Å². The number of alkyl halides is 14. The van der Waals surface area contributed by atoms with Crippen LogP contribution in [0.2, 0.25) is 0 Å². The van der Waals surface area contributed by atoms with E-state index in [-0.39, 0.29) is 0 Å². The predicted octanol–water partition coefficient (Wildman–Crippen LogP) is 4.45. The molecule has 14 heteroatoms. The quantitative estimate of drug-likeness (QED) is 0.660. The van der Waals surface area contributed by atoms with E-state index in [0.29, 0.717) is 0 Å². The molecule has 0 radical (unpaired) electrons. The highest BCUT2D eigenvalue weighted by molar-refractivity contribution is 5.36. The number of hydrogen-bond donors (Lipinski definition) is 0. The minimum absolute atomic E-state index is 6.55. The molecule has 0 spiro atoms. The van der Waals surface area contributed by atoms with Gasteiger partial charge in [0.1, 0.15) is 0 Å². The zero-order valence-corrected chi connectivity index (χ0v) is 8.79. The van der Waals surface area contributed by atoms with E-state index in [1.165, 1.54) is 0 Å². The lowest BCUT2D eigenvalue weighted by Gasteiger charge is -2.34. The van der Waals surface area contributed by atoms with Crippen LogP contribution in [0.3, 0.4) is 0 Å². The molecule has 1 saturated carbocycles. The lowest BCUT2D eigenvalue weighted by Crippen LogP contribution is -2.66. The van der Waals surface area contributed by atoms with Crippen LogP contribution in [0.15, 0.2) is 0 Å². The molecule has 1 aliphatic carbocycles. The summed E-state index contributed by atoms with van der Waals surface area (Å²) < 4.78 is 172. The second-order valence-corrected chi connectivity index (χ2v) is 4.03. The first-order chi connectivity index (χ1) is 8.75. The lowest BCUT2D eigenvalue weighted by molar-refractivity contribution is -0.410. The number of halogens is 14. The van der Waals surface area contributed by atoms with Gasteiger partial charge in [0.05, 0.1) is 0 Å². The fourth-order valence-corrected chi connectivity index (χ4v) is 1.37. The molecule has 0 unspecified atom stereocenters. The molecule has 21 heavy (non-hydrogen) atoms. The van der Waals surface area contributed by atoms with Crippen molar-refractivity contribution in [2.75, 3.05) is 0 Å². The van der Waals surface area contributed by atoms with Crippen molar-refractivity contribution in [2.45, 2.75) is 41.5 Å². The van der Waals surface area contributed by atoms with E-state index in [1.54, 1.807) is 0 Å². The lowest BCUT2D eigenvalue weighted by atomic mass is 9.97. The Hall–Kier alpha value is -0.980. The van der Waals surface area contributed by atoms with Gasteiger partial charge in [-0.05, 0) is 0 Å². The number of hydrogen-bond acceptors (Lipinski definition) is 0. The molecule has 0 aromatic carbocycles. The fourth-order valence-electron chi connectivity index (χ4n) is 1.37. The van der Waals surface area contributed by atoms with Crippen molar-refractivity contribution in [3.05, 3.63) is 0 Å². The molecule has 126 valence electrons. The Balaban J connectivity index is 3.46.